The minimum absolute atomic E-state index is 0.127. The van der Waals surface area contributed by atoms with Gasteiger partial charge < -0.3 is 14.2 Å². The van der Waals surface area contributed by atoms with Gasteiger partial charge in [0.25, 0.3) is 0 Å². The zero-order chi connectivity index (χ0) is 25.5. The van der Waals surface area contributed by atoms with Crippen molar-refractivity contribution < 1.29 is 49.3 Å². The molecule has 0 atom stereocenters. The summed E-state index contributed by atoms with van der Waals surface area (Å²) >= 11 is 0. The Labute approximate surface area is 193 Å². The number of ether oxygens (including phenoxy) is 3. The first kappa shape index (κ1) is 24.9. The predicted octanol–water partition coefficient (Wildman–Crippen LogP) is 7.06. The van der Waals surface area contributed by atoms with Crippen LogP contribution in [-0.4, -0.2) is 13.2 Å². The fourth-order valence-corrected chi connectivity index (χ4v) is 3.56. The summed E-state index contributed by atoms with van der Waals surface area (Å²) in [6.07, 6.45) is -4.91. The molecule has 186 valence electrons. The fourth-order valence-electron chi connectivity index (χ4n) is 3.56. The van der Waals surface area contributed by atoms with Crippen LogP contribution in [0.2, 0.25) is 0 Å². The molecule has 1 heterocycles. The molecule has 0 aromatic heterocycles. The maximum Gasteiger partial charge on any atom is 0.432 e. The first-order valence-corrected chi connectivity index (χ1v) is 10.2. The SMILES string of the molecule is Cc1c(OC(F)(F)c2c(F)cc(-c3ccc(C4OCCCO4)cc3F)cc2F)cc(F)c(F)c1F. The van der Waals surface area contributed by atoms with Gasteiger partial charge in [0.2, 0.25) is 0 Å². The topological polar surface area (TPSA) is 27.7 Å². The van der Waals surface area contributed by atoms with E-state index in [-0.39, 0.29) is 11.6 Å². The largest absolute Gasteiger partial charge is 0.432 e. The molecule has 0 radical (unpaired) electrons. The molecule has 3 aromatic rings. The van der Waals surface area contributed by atoms with Gasteiger partial charge in [-0.15, -0.1) is 0 Å². The van der Waals surface area contributed by atoms with Crippen LogP contribution < -0.4 is 4.74 Å². The number of halogens is 8. The molecular formula is C24H16F8O3. The summed E-state index contributed by atoms with van der Waals surface area (Å²) in [7, 11) is 0. The van der Waals surface area contributed by atoms with Gasteiger partial charge in [-0.05, 0) is 37.1 Å². The second-order valence-corrected chi connectivity index (χ2v) is 7.71. The zero-order valence-electron chi connectivity index (χ0n) is 17.9. The summed E-state index contributed by atoms with van der Waals surface area (Å²) in [5, 5.41) is 0. The number of rotatable bonds is 5. The first-order chi connectivity index (χ1) is 16.5. The average Bonchev–Trinajstić information content (AvgIpc) is 2.80. The standard InChI is InChI=1S/C24H16F8O3/c1-11-19(10-18(28)22(30)21(11)29)35-24(31,32)20-16(26)8-13(9-17(20)27)14-4-3-12(7-15(14)25)23-33-5-2-6-34-23/h3-4,7-10,23H,2,5-6H2,1H3. The molecule has 4 rings (SSSR count). The van der Waals surface area contributed by atoms with Gasteiger partial charge in [-0.3, -0.25) is 0 Å². The summed E-state index contributed by atoms with van der Waals surface area (Å²) in [6, 6.07) is 4.66. The molecule has 3 aromatic carbocycles. The fraction of sp³-hybridized carbons (Fsp3) is 0.250. The lowest BCUT2D eigenvalue weighted by Gasteiger charge is -2.24. The van der Waals surface area contributed by atoms with Gasteiger partial charge >= 0.3 is 6.11 Å². The Kier molecular flexibility index (Phi) is 6.74. The van der Waals surface area contributed by atoms with Crippen molar-refractivity contribution >= 4 is 0 Å². The molecule has 0 bridgehead atoms. The molecule has 0 saturated carbocycles. The van der Waals surface area contributed by atoms with Crippen molar-refractivity contribution in [3.63, 3.8) is 0 Å². The molecule has 3 nitrogen and oxygen atoms in total. The maximum atomic E-state index is 14.7. The van der Waals surface area contributed by atoms with E-state index < -0.39 is 69.7 Å². The molecular weight excluding hydrogens is 488 g/mol. The van der Waals surface area contributed by atoms with Crippen LogP contribution >= 0.6 is 0 Å². The Morgan fingerprint density at radius 2 is 1.43 bits per heavy atom. The Bertz CT molecular complexity index is 1250. The van der Waals surface area contributed by atoms with Crippen molar-refractivity contribution in [3.8, 4) is 16.9 Å². The van der Waals surface area contributed by atoms with Gasteiger partial charge in [-0.2, -0.15) is 8.78 Å². The molecule has 1 aliphatic rings. The van der Waals surface area contributed by atoms with E-state index in [4.69, 9.17) is 9.47 Å². The van der Waals surface area contributed by atoms with Crippen LogP contribution in [0.25, 0.3) is 11.1 Å². The van der Waals surface area contributed by atoms with E-state index in [1.54, 1.807) is 0 Å². The zero-order valence-corrected chi connectivity index (χ0v) is 17.9. The third-order valence-electron chi connectivity index (χ3n) is 5.33. The monoisotopic (exact) mass is 504 g/mol. The molecule has 35 heavy (non-hydrogen) atoms. The lowest BCUT2D eigenvalue weighted by atomic mass is 10.00. The Hall–Kier alpha value is -3.18. The van der Waals surface area contributed by atoms with Crippen molar-refractivity contribution in [2.75, 3.05) is 13.2 Å². The van der Waals surface area contributed by atoms with Gasteiger partial charge in [0.1, 0.15) is 28.8 Å². The highest BCUT2D eigenvalue weighted by Crippen LogP contribution is 2.39. The molecule has 1 fully saturated rings. The number of benzene rings is 3. The molecule has 0 amide bonds. The Morgan fingerprint density at radius 1 is 0.800 bits per heavy atom. The van der Waals surface area contributed by atoms with E-state index in [1.165, 1.54) is 12.1 Å². The van der Waals surface area contributed by atoms with E-state index in [0.717, 1.165) is 13.0 Å². The highest BCUT2D eigenvalue weighted by atomic mass is 19.3. The van der Waals surface area contributed by atoms with E-state index in [1.807, 2.05) is 0 Å². The van der Waals surface area contributed by atoms with E-state index >= 15 is 0 Å². The smallest absolute Gasteiger partial charge is 0.428 e. The second-order valence-electron chi connectivity index (χ2n) is 7.71. The third kappa shape index (κ3) is 4.83. The highest BCUT2D eigenvalue weighted by molar-refractivity contribution is 5.65. The van der Waals surface area contributed by atoms with Crippen molar-refractivity contribution in [2.45, 2.75) is 25.7 Å². The lowest BCUT2D eigenvalue weighted by Crippen LogP contribution is -2.26. The van der Waals surface area contributed by atoms with Crippen LogP contribution in [0.4, 0.5) is 35.1 Å². The molecule has 0 unspecified atom stereocenters. The van der Waals surface area contributed by atoms with Gasteiger partial charge in [-0.25, -0.2) is 26.3 Å². The van der Waals surface area contributed by atoms with Crippen LogP contribution in [0.15, 0.2) is 36.4 Å². The van der Waals surface area contributed by atoms with E-state index in [2.05, 4.69) is 4.74 Å². The summed E-state index contributed by atoms with van der Waals surface area (Å²) in [6.45, 7) is 1.62. The molecule has 0 N–H and O–H groups in total. The minimum atomic E-state index is -4.76. The van der Waals surface area contributed by atoms with Crippen molar-refractivity contribution in [3.05, 3.63) is 88.0 Å². The summed E-state index contributed by atoms with van der Waals surface area (Å²) < 4.78 is 129. The van der Waals surface area contributed by atoms with Crippen LogP contribution in [0.1, 0.15) is 29.4 Å². The normalized spacial score (nSPS) is 14.9. The van der Waals surface area contributed by atoms with Crippen LogP contribution in [0.5, 0.6) is 5.75 Å². The van der Waals surface area contributed by atoms with Gasteiger partial charge in [-0.1, -0.05) is 12.1 Å². The average molecular weight is 504 g/mol. The lowest BCUT2D eigenvalue weighted by molar-refractivity contribution is -0.190. The predicted molar refractivity (Wildman–Crippen MR) is 107 cm³/mol. The van der Waals surface area contributed by atoms with Gasteiger partial charge in [0.15, 0.2) is 23.7 Å². The number of hydrogen-bond donors (Lipinski definition) is 0. The number of hydrogen-bond acceptors (Lipinski definition) is 3. The van der Waals surface area contributed by atoms with Crippen LogP contribution in [-0.2, 0) is 15.6 Å². The quantitative estimate of drug-likeness (QED) is 0.275. The molecule has 1 saturated heterocycles. The Morgan fingerprint density at radius 3 is 2.03 bits per heavy atom. The van der Waals surface area contributed by atoms with Gasteiger partial charge in [0.05, 0.1) is 13.2 Å². The van der Waals surface area contributed by atoms with Crippen molar-refractivity contribution in [1.29, 1.82) is 0 Å². The maximum absolute atomic E-state index is 14.7. The highest BCUT2D eigenvalue weighted by Gasteiger charge is 2.42. The van der Waals surface area contributed by atoms with Crippen molar-refractivity contribution in [2.24, 2.45) is 0 Å². The summed E-state index contributed by atoms with van der Waals surface area (Å²) in [4.78, 5) is 0. The summed E-state index contributed by atoms with van der Waals surface area (Å²) in [5.74, 6) is -11.3. The van der Waals surface area contributed by atoms with Gasteiger partial charge in [0, 0.05) is 22.8 Å². The van der Waals surface area contributed by atoms with E-state index in [9.17, 15) is 35.1 Å². The van der Waals surface area contributed by atoms with Crippen molar-refractivity contribution in [1.82, 2.24) is 0 Å². The minimum Gasteiger partial charge on any atom is -0.428 e. The molecule has 0 aliphatic carbocycles. The third-order valence-corrected chi connectivity index (χ3v) is 5.33. The molecule has 0 spiro atoms. The second kappa shape index (κ2) is 9.46. The summed E-state index contributed by atoms with van der Waals surface area (Å²) in [5.41, 5.74) is -3.10. The number of alkyl halides is 2. The first-order valence-electron chi connectivity index (χ1n) is 10.2. The van der Waals surface area contributed by atoms with Crippen LogP contribution in [0.3, 0.4) is 0 Å². The van der Waals surface area contributed by atoms with E-state index in [0.29, 0.717) is 37.3 Å². The van der Waals surface area contributed by atoms with Crippen LogP contribution in [0, 0.1) is 41.8 Å². The molecule has 1 aliphatic heterocycles. The Balaban J connectivity index is 1.66. The molecule has 11 heteroatoms.